The average Bonchev–Trinajstić information content (AvgIpc) is 3.14. The fraction of sp³-hybridized carbons (Fsp3) is 0.381. The predicted molar refractivity (Wildman–Crippen MR) is 119 cm³/mol. The Bertz CT molecular complexity index is 1020. The molecule has 4 heterocycles. The van der Waals surface area contributed by atoms with Gasteiger partial charge >= 0.3 is 0 Å². The quantitative estimate of drug-likeness (QED) is 0.392. The SMILES string of the molecule is C=CCn1c(SCC(=O)N2CCc3sccc3[C@H]2c2cccs2)nnc1C1CC1. The van der Waals surface area contributed by atoms with Gasteiger partial charge in [-0.1, -0.05) is 23.9 Å². The minimum atomic E-state index is 0.0335. The first kappa shape index (κ1) is 19.1. The summed E-state index contributed by atoms with van der Waals surface area (Å²) in [6, 6.07) is 6.42. The summed E-state index contributed by atoms with van der Waals surface area (Å²) < 4.78 is 2.12. The number of fused-ring (bicyclic) bond motifs is 1. The Labute approximate surface area is 182 Å². The average molecular weight is 443 g/mol. The Morgan fingerprint density at radius 3 is 2.93 bits per heavy atom. The van der Waals surface area contributed by atoms with Gasteiger partial charge in [-0.25, -0.2) is 0 Å². The van der Waals surface area contributed by atoms with Crippen LogP contribution in [0.4, 0.5) is 0 Å². The molecule has 1 aliphatic carbocycles. The maximum absolute atomic E-state index is 13.3. The number of thioether (sulfide) groups is 1. The highest BCUT2D eigenvalue weighted by Gasteiger charge is 2.34. The van der Waals surface area contributed by atoms with Crippen molar-refractivity contribution in [2.24, 2.45) is 0 Å². The summed E-state index contributed by atoms with van der Waals surface area (Å²) in [5.41, 5.74) is 1.29. The molecular formula is C21H22N4OS3. The zero-order valence-corrected chi connectivity index (χ0v) is 18.4. The molecule has 1 aliphatic heterocycles. The monoisotopic (exact) mass is 442 g/mol. The maximum Gasteiger partial charge on any atom is 0.233 e. The zero-order chi connectivity index (χ0) is 19.8. The first-order valence-electron chi connectivity index (χ1n) is 9.82. The van der Waals surface area contributed by atoms with Crippen molar-refractivity contribution < 1.29 is 4.79 Å². The minimum Gasteiger partial charge on any atom is -0.330 e. The van der Waals surface area contributed by atoms with Crippen LogP contribution in [0.25, 0.3) is 0 Å². The summed E-state index contributed by atoms with van der Waals surface area (Å²) in [6.45, 7) is 5.32. The molecule has 0 N–H and O–H groups in total. The molecule has 0 bridgehead atoms. The first-order valence-corrected chi connectivity index (χ1v) is 12.6. The smallest absolute Gasteiger partial charge is 0.233 e. The Morgan fingerprint density at radius 1 is 1.28 bits per heavy atom. The van der Waals surface area contributed by atoms with Gasteiger partial charge in [0.2, 0.25) is 5.91 Å². The van der Waals surface area contributed by atoms with Crippen molar-refractivity contribution >= 4 is 40.3 Å². The summed E-state index contributed by atoms with van der Waals surface area (Å²) >= 11 is 5.01. The zero-order valence-electron chi connectivity index (χ0n) is 16.0. The lowest BCUT2D eigenvalue weighted by Gasteiger charge is -2.35. The number of hydrogen-bond donors (Lipinski definition) is 0. The normalized spacial score (nSPS) is 18.6. The van der Waals surface area contributed by atoms with Crippen molar-refractivity contribution in [1.82, 2.24) is 19.7 Å². The van der Waals surface area contributed by atoms with E-state index in [0.29, 0.717) is 18.2 Å². The summed E-state index contributed by atoms with van der Waals surface area (Å²) in [6.07, 6.45) is 5.16. The molecule has 1 atom stereocenters. The molecule has 29 heavy (non-hydrogen) atoms. The molecule has 1 amide bonds. The van der Waals surface area contributed by atoms with Gasteiger partial charge in [-0.05, 0) is 47.7 Å². The van der Waals surface area contributed by atoms with E-state index in [1.165, 1.54) is 39.9 Å². The summed E-state index contributed by atoms with van der Waals surface area (Å²) in [5.74, 6) is 2.10. The highest BCUT2D eigenvalue weighted by Crippen LogP contribution is 2.41. The number of hydrogen-bond acceptors (Lipinski definition) is 6. The topological polar surface area (TPSA) is 51.0 Å². The Hall–Kier alpha value is -1.90. The van der Waals surface area contributed by atoms with Gasteiger partial charge in [-0.2, -0.15) is 0 Å². The fourth-order valence-corrected chi connectivity index (χ4v) is 6.50. The van der Waals surface area contributed by atoms with Gasteiger partial charge < -0.3 is 9.47 Å². The van der Waals surface area contributed by atoms with E-state index >= 15 is 0 Å². The molecule has 5 rings (SSSR count). The molecule has 1 fully saturated rings. The highest BCUT2D eigenvalue weighted by atomic mass is 32.2. The summed E-state index contributed by atoms with van der Waals surface area (Å²) in [4.78, 5) is 17.9. The third-order valence-corrected chi connectivity index (χ3v) is 8.30. The molecule has 3 aromatic rings. The van der Waals surface area contributed by atoms with Crippen LogP contribution in [-0.4, -0.2) is 37.9 Å². The fourth-order valence-electron chi connectivity index (χ4n) is 3.90. The van der Waals surface area contributed by atoms with E-state index in [2.05, 4.69) is 50.3 Å². The van der Waals surface area contributed by atoms with E-state index in [0.717, 1.165) is 23.9 Å². The molecule has 5 nitrogen and oxygen atoms in total. The van der Waals surface area contributed by atoms with Gasteiger partial charge in [0.1, 0.15) is 5.82 Å². The molecule has 0 unspecified atom stereocenters. The third-order valence-electron chi connectivity index (χ3n) is 5.42. The molecule has 0 radical (unpaired) electrons. The van der Waals surface area contributed by atoms with Crippen LogP contribution in [-0.2, 0) is 17.8 Å². The second kappa shape index (κ2) is 8.08. The maximum atomic E-state index is 13.3. The van der Waals surface area contributed by atoms with E-state index < -0.39 is 0 Å². The van der Waals surface area contributed by atoms with Crippen LogP contribution in [0.3, 0.4) is 0 Å². The van der Waals surface area contributed by atoms with Crippen molar-refractivity contribution in [3.8, 4) is 0 Å². The molecule has 1 saturated carbocycles. The van der Waals surface area contributed by atoms with E-state index in [1.807, 2.05) is 11.0 Å². The predicted octanol–water partition coefficient (Wildman–Crippen LogP) is 4.73. The summed E-state index contributed by atoms with van der Waals surface area (Å²) in [5, 5.41) is 13.8. The molecule has 150 valence electrons. The van der Waals surface area contributed by atoms with Gasteiger partial charge in [0.15, 0.2) is 5.16 Å². The Kier molecular flexibility index (Phi) is 5.32. The number of nitrogens with zero attached hydrogens (tertiary/aromatic N) is 4. The van der Waals surface area contributed by atoms with Crippen molar-refractivity contribution in [2.45, 2.75) is 42.9 Å². The largest absolute Gasteiger partial charge is 0.330 e. The van der Waals surface area contributed by atoms with Crippen LogP contribution in [0.2, 0.25) is 0 Å². The van der Waals surface area contributed by atoms with Crippen LogP contribution in [0, 0.1) is 0 Å². The standard InChI is InChI=1S/C21H22N4OS3/c1-2-9-25-20(14-5-6-14)22-23-21(25)29-13-18(26)24-10-7-16-15(8-12-28-16)19(24)17-4-3-11-27-17/h2-4,8,11-12,14,19H,1,5-7,9-10,13H2/t19-/m0/s1. The van der Waals surface area contributed by atoms with Crippen molar-refractivity contribution in [1.29, 1.82) is 0 Å². The van der Waals surface area contributed by atoms with E-state index in [9.17, 15) is 4.79 Å². The van der Waals surface area contributed by atoms with Gasteiger partial charge in [-0.3, -0.25) is 4.79 Å². The second-order valence-corrected chi connectivity index (χ2v) is 10.3. The number of allylic oxidation sites excluding steroid dienone is 1. The lowest BCUT2D eigenvalue weighted by molar-refractivity contribution is -0.130. The molecule has 0 spiro atoms. The lowest BCUT2D eigenvalue weighted by Crippen LogP contribution is -2.40. The molecular weight excluding hydrogens is 420 g/mol. The molecule has 2 aliphatic rings. The van der Waals surface area contributed by atoms with Gasteiger partial charge in [0, 0.05) is 28.8 Å². The molecule has 0 saturated heterocycles. The van der Waals surface area contributed by atoms with E-state index in [-0.39, 0.29) is 11.9 Å². The summed E-state index contributed by atoms with van der Waals surface area (Å²) in [7, 11) is 0. The van der Waals surface area contributed by atoms with Crippen LogP contribution in [0.5, 0.6) is 0 Å². The van der Waals surface area contributed by atoms with E-state index in [4.69, 9.17) is 0 Å². The molecule has 8 heteroatoms. The second-order valence-electron chi connectivity index (χ2n) is 7.36. The number of carbonyl (C=O) groups excluding carboxylic acids is 1. The van der Waals surface area contributed by atoms with Gasteiger partial charge in [-0.15, -0.1) is 39.4 Å². The van der Waals surface area contributed by atoms with Gasteiger partial charge in [0.05, 0.1) is 11.8 Å². The molecule has 0 aromatic carbocycles. The van der Waals surface area contributed by atoms with E-state index in [1.54, 1.807) is 22.7 Å². The Balaban J connectivity index is 1.35. The number of amides is 1. The number of thiophene rings is 2. The number of aromatic nitrogens is 3. The third kappa shape index (κ3) is 3.69. The minimum absolute atomic E-state index is 0.0335. The molecule has 3 aromatic heterocycles. The highest BCUT2D eigenvalue weighted by molar-refractivity contribution is 7.99. The van der Waals surface area contributed by atoms with Gasteiger partial charge in [0.25, 0.3) is 0 Å². The Morgan fingerprint density at radius 2 is 2.17 bits per heavy atom. The number of carbonyl (C=O) groups is 1. The van der Waals surface area contributed by atoms with Crippen LogP contribution >= 0.6 is 34.4 Å². The van der Waals surface area contributed by atoms with Crippen LogP contribution in [0.15, 0.2) is 46.8 Å². The van der Waals surface area contributed by atoms with Crippen molar-refractivity contribution in [3.05, 3.63) is 62.8 Å². The van der Waals surface area contributed by atoms with Crippen LogP contribution in [0.1, 0.15) is 45.9 Å². The van der Waals surface area contributed by atoms with Crippen molar-refractivity contribution in [3.63, 3.8) is 0 Å². The first-order chi connectivity index (χ1) is 14.3. The lowest BCUT2D eigenvalue weighted by atomic mass is 9.98. The number of rotatable bonds is 7. The van der Waals surface area contributed by atoms with Crippen LogP contribution < -0.4 is 0 Å². The van der Waals surface area contributed by atoms with Crippen molar-refractivity contribution in [2.75, 3.05) is 12.3 Å².